The lowest BCUT2D eigenvalue weighted by Crippen LogP contribution is -2.51. The van der Waals surface area contributed by atoms with E-state index in [9.17, 15) is 38.4 Å². The second kappa shape index (κ2) is 37.0. The average Bonchev–Trinajstić information content (AvgIpc) is 1.58. The predicted molar refractivity (Wildman–Crippen MR) is 347 cm³/mol. The number of methoxy groups -OCH3 is 2. The number of fused-ring (bicyclic) bond motifs is 2. The molecule has 7 rings (SSSR count). The molecule has 0 bridgehead atoms. The topological polar surface area (TPSA) is 292 Å². The fraction of sp³-hybridized carbons (Fsp3) is 0.585. The number of imide groups is 1. The van der Waals surface area contributed by atoms with Gasteiger partial charge in [0.25, 0.3) is 23.6 Å². The van der Waals surface area contributed by atoms with Crippen LogP contribution in [0.25, 0.3) is 0 Å². The lowest BCUT2D eigenvalue weighted by atomic mass is 10.1. The van der Waals surface area contributed by atoms with Crippen LogP contribution in [0.5, 0.6) is 23.0 Å². The van der Waals surface area contributed by atoms with Crippen LogP contribution in [0.4, 0.5) is 16.2 Å². The third-order valence-corrected chi connectivity index (χ3v) is 18.7. The maximum Gasteiger partial charge on any atom is 0.412 e. The highest BCUT2D eigenvalue weighted by molar-refractivity contribution is 8.77. The molecule has 3 saturated heterocycles. The van der Waals surface area contributed by atoms with Crippen molar-refractivity contribution >= 4 is 86.4 Å². The number of anilines is 1. The molecule has 1 unspecified atom stereocenters. The molecule has 0 spiro atoms. The standard InChI is InChI=1S/C65H89N7O18S2/c1-44-34-46-40-68-52-39-57(55(82-6)37-50(52)62(79)71(46)41-44)88-24-9-7-8-23-87-56-38-51(66)49(36-54(56)81-5)61(78)72-42-45(2)35-53(72)63-70(21-26-89-63)64(80)90-43-65(3,4)92-91-33-18-58(75)67-19-10-12-48(74)17-25-84-28-30-86-32-31-85-29-27-83-22-11-13-47(73)16-20-69-59(76)14-15-60(69)77/h14-15,36-40,46,53,63H,1-2,7-13,16-35,41-43,66H2,3-6H3,(H,67,75)/t46-,53-,63?/m0/s1. The van der Waals surface area contributed by atoms with Crippen LogP contribution < -0.4 is 30.0 Å². The van der Waals surface area contributed by atoms with Gasteiger partial charge in [-0.1, -0.05) is 45.9 Å². The van der Waals surface area contributed by atoms with Gasteiger partial charge in [-0.25, -0.2) is 4.79 Å². The molecule has 25 nitrogen and oxygen atoms in total. The summed E-state index contributed by atoms with van der Waals surface area (Å²) in [5.74, 6) is 0.827. The van der Waals surface area contributed by atoms with Gasteiger partial charge in [-0.2, -0.15) is 0 Å². The number of rotatable bonds is 42. The van der Waals surface area contributed by atoms with Crippen LogP contribution in [-0.4, -0.2) is 228 Å². The van der Waals surface area contributed by atoms with Crippen LogP contribution in [0.15, 0.2) is 65.7 Å². The average molecular weight is 1320 g/mol. The van der Waals surface area contributed by atoms with E-state index in [-0.39, 0.29) is 105 Å². The number of nitrogens with one attached hydrogen (secondary N) is 1. The van der Waals surface area contributed by atoms with Crippen molar-refractivity contribution in [2.24, 2.45) is 4.99 Å². The Morgan fingerprint density at radius 1 is 0.707 bits per heavy atom. The molecule has 0 radical (unpaired) electrons. The number of aliphatic imine (C=N–C) groups is 1. The van der Waals surface area contributed by atoms with Crippen molar-refractivity contribution in [1.82, 2.24) is 24.9 Å². The highest BCUT2D eigenvalue weighted by atomic mass is 33.1. The molecule has 0 aromatic heterocycles. The molecule has 3 N–H and O–H groups in total. The summed E-state index contributed by atoms with van der Waals surface area (Å²) in [7, 11) is 6.04. The van der Waals surface area contributed by atoms with Crippen molar-refractivity contribution in [1.29, 1.82) is 0 Å². The summed E-state index contributed by atoms with van der Waals surface area (Å²) >= 11 is 0. The summed E-state index contributed by atoms with van der Waals surface area (Å²) in [5.41, 5.74) is 9.75. The van der Waals surface area contributed by atoms with E-state index in [1.54, 1.807) is 40.3 Å². The second-order valence-corrected chi connectivity index (χ2v) is 26.3. The fourth-order valence-corrected chi connectivity index (χ4v) is 13.0. The van der Waals surface area contributed by atoms with E-state index in [2.05, 4.69) is 23.5 Å². The van der Waals surface area contributed by atoms with Gasteiger partial charge in [0, 0.05) is 107 Å². The molecule has 2 aromatic carbocycles. The third kappa shape index (κ3) is 22.1. The zero-order valence-electron chi connectivity index (χ0n) is 53.4. The Labute approximate surface area is 546 Å². The van der Waals surface area contributed by atoms with Gasteiger partial charge in [-0.15, -0.1) is 0 Å². The number of nitrogens with zero attached hydrogens (tertiary/aromatic N) is 5. The quantitative estimate of drug-likeness (QED) is 0.0220. The van der Waals surface area contributed by atoms with Crippen molar-refractivity contribution in [2.45, 2.75) is 114 Å². The van der Waals surface area contributed by atoms with Crippen LogP contribution in [0.2, 0.25) is 0 Å². The number of hydrogen-bond donors (Lipinski definition) is 2. The molecular formula is C65H89N7O18S2. The van der Waals surface area contributed by atoms with Crippen LogP contribution in [0.3, 0.4) is 0 Å². The van der Waals surface area contributed by atoms with E-state index in [4.69, 9.17) is 53.1 Å². The maximum absolute atomic E-state index is 14.4. The summed E-state index contributed by atoms with van der Waals surface area (Å²) in [6, 6.07) is 5.91. The monoisotopic (exact) mass is 1320 g/mol. The van der Waals surface area contributed by atoms with Crippen molar-refractivity contribution in [3.05, 3.63) is 71.8 Å². The minimum atomic E-state index is -0.789. The largest absolute Gasteiger partial charge is 0.493 e. The molecule has 92 heavy (non-hydrogen) atoms. The smallest absolute Gasteiger partial charge is 0.412 e. The second-order valence-electron chi connectivity index (χ2n) is 23.2. The zero-order valence-corrected chi connectivity index (χ0v) is 55.0. The molecule has 0 saturated carbocycles. The number of ketones is 2. The van der Waals surface area contributed by atoms with Gasteiger partial charge in [-0.3, -0.25) is 48.4 Å². The Kier molecular flexibility index (Phi) is 29.1. The van der Waals surface area contributed by atoms with Gasteiger partial charge in [0.15, 0.2) is 29.2 Å². The number of Topliss-reactive ketones (excluding diaryl/α,β-unsaturated/α-hetero) is 2. The minimum absolute atomic E-state index is 0.0329. The Balaban J connectivity index is 0.699. The molecule has 3 atom stereocenters. The number of ether oxygens (including phenoxy) is 10. The molecule has 5 aliphatic rings. The molecule has 27 heteroatoms. The summed E-state index contributed by atoms with van der Waals surface area (Å²) in [5, 5.41) is 2.88. The van der Waals surface area contributed by atoms with Gasteiger partial charge in [0.1, 0.15) is 18.2 Å². The number of nitrogen functional groups attached to an aromatic ring is 1. The highest BCUT2D eigenvalue weighted by Gasteiger charge is 2.45. The number of carbonyl (C=O) groups excluding carboxylic acids is 8. The van der Waals surface area contributed by atoms with Gasteiger partial charge in [0.2, 0.25) is 5.91 Å². The maximum atomic E-state index is 14.4. The lowest BCUT2D eigenvalue weighted by Gasteiger charge is -2.33. The van der Waals surface area contributed by atoms with E-state index in [0.717, 1.165) is 22.5 Å². The molecule has 5 aliphatic heterocycles. The zero-order chi connectivity index (χ0) is 66.0. The first kappa shape index (κ1) is 72.4. The number of amides is 6. The fourth-order valence-electron chi connectivity index (χ4n) is 10.6. The SMILES string of the molecule is C=C1C[C@H]2C=Nc3cc(OCCCCCOc4cc(N)c(C(=O)N5CC(=C)C[C@H]5C5OCCN5C(=O)OCC(C)(C)SSCCC(=O)NCCCC(=O)CCOCCOCCOCCOCCCC(=O)CCN5C(=O)C=CC5=O)cc4OC)c(OC)cc3C(=O)N2C1. The van der Waals surface area contributed by atoms with Crippen LogP contribution in [-0.2, 0) is 52.4 Å². The lowest BCUT2D eigenvalue weighted by molar-refractivity contribution is -0.137. The molecule has 6 amide bonds. The van der Waals surface area contributed by atoms with Crippen molar-refractivity contribution in [2.75, 3.05) is 138 Å². The Hall–Kier alpha value is -7.01. The van der Waals surface area contributed by atoms with E-state index in [1.807, 2.05) is 13.8 Å². The van der Waals surface area contributed by atoms with E-state index in [0.29, 0.717) is 164 Å². The highest BCUT2D eigenvalue weighted by Crippen LogP contribution is 2.41. The van der Waals surface area contributed by atoms with Gasteiger partial charge < -0.3 is 68.2 Å². The number of benzene rings is 2. The summed E-state index contributed by atoms with van der Waals surface area (Å²) in [4.78, 5) is 112. The molecule has 2 aromatic rings. The van der Waals surface area contributed by atoms with E-state index >= 15 is 0 Å². The number of carbonyl (C=O) groups is 8. The summed E-state index contributed by atoms with van der Waals surface area (Å²) < 4.78 is 56.9. The number of nitrogens with two attached hydrogens (primary N) is 1. The van der Waals surface area contributed by atoms with E-state index in [1.165, 1.54) is 52.9 Å². The van der Waals surface area contributed by atoms with Crippen LogP contribution in [0, 0.1) is 0 Å². The minimum Gasteiger partial charge on any atom is -0.493 e. The van der Waals surface area contributed by atoms with Crippen molar-refractivity contribution < 1.29 is 85.7 Å². The molecule has 3 fully saturated rings. The first-order valence-corrected chi connectivity index (χ1v) is 33.6. The molecule has 0 aliphatic carbocycles. The van der Waals surface area contributed by atoms with Crippen LogP contribution >= 0.6 is 21.6 Å². The summed E-state index contributed by atoms with van der Waals surface area (Å²) in [6.07, 6.45) is 8.47. The van der Waals surface area contributed by atoms with E-state index < -0.39 is 34.9 Å². The molecular weight excluding hydrogens is 1230 g/mol. The summed E-state index contributed by atoms with van der Waals surface area (Å²) in [6.45, 7) is 17.6. The van der Waals surface area contributed by atoms with Crippen molar-refractivity contribution in [3.63, 3.8) is 0 Å². The third-order valence-electron chi connectivity index (χ3n) is 15.5. The van der Waals surface area contributed by atoms with Crippen LogP contribution in [0.1, 0.15) is 112 Å². The Bertz CT molecular complexity index is 2980. The normalized spacial score (nSPS) is 17.8. The number of unbranched alkanes of at least 4 members (excludes halogenated alkanes) is 2. The first-order valence-electron chi connectivity index (χ1n) is 31.3. The predicted octanol–water partition coefficient (Wildman–Crippen LogP) is 7.10. The van der Waals surface area contributed by atoms with Gasteiger partial charge in [-0.05, 0) is 70.9 Å². The van der Waals surface area contributed by atoms with Gasteiger partial charge >= 0.3 is 6.09 Å². The molecule has 5 heterocycles. The first-order chi connectivity index (χ1) is 44.4. The molecule has 504 valence electrons. The number of hydrogen-bond acceptors (Lipinski definition) is 22. The Morgan fingerprint density at radius 2 is 1.34 bits per heavy atom. The Morgan fingerprint density at radius 3 is 2.03 bits per heavy atom. The number of likely N-dealkylation sites (tertiary alicyclic amines) is 1. The van der Waals surface area contributed by atoms with Gasteiger partial charge in [0.05, 0.1) is 120 Å². The van der Waals surface area contributed by atoms with Crippen molar-refractivity contribution in [3.8, 4) is 23.0 Å².